The summed E-state index contributed by atoms with van der Waals surface area (Å²) in [6.45, 7) is 7.12. The van der Waals surface area contributed by atoms with Crippen molar-refractivity contribution in [2.45, 2.75) is 20.8 Å². The smallest absolute Gasteiger partial charge is 0.00285 e. The number of hydrogen-bond donors (Lipinski definition) is 1. The van der Waals surface area contributed by atoms with Crippen molar-refractivity contribution in [3.05, 3.63) is 0 Å². The molecular formula is C8H23FN2. The van der Waals surface area contributed by atoms with E-state index >= 15 is 0 Å². The topological polar surface area (TPSA) is 29.3 Å². The summed E-state index contributed by atoms with van der Waals surface area (Å²) < 4.78 is 0. The molecular weight excluding hydrogens is 143 g/mol. The van der Waals surface area contributed by atoms with Crippen LogP contribution in [0.1, 0.15) is 20.8 Å². The minimum Gasteiger partial charge on any atom is -0.330 e. The standard InChI is InChI=1S/C5H13N.C3H9N.FH/c1-5(2,3)4-6;1-4(2)3;/h4,6H2,1-3H3;1-3H3;1H. The molecule has 0 aliphatic carbocycles. The van der Waals surface area contributed by atoms with Crippen LogP contribution in [0.25, 0.3) is 0 Å². The Hall–Kier alpha value is -0.150. The molecule has 0 fully saturated rings. The van der Waals surface area contributed by atoms with Gasteiger partial charge in [0, 0.05) is 0 Å². The minimum atomic E-state index is 0. The highest BCUT2D eigenvalue weighted by Gasteiger charge is 2.03. The molecule has 0 aliphatic heterocycles. The van der Waals surface area contributed by atoms with Crippen molar-refractivity contribution >= 4 is 0 Å². The van der Waals surface area contributed by atoms with E-state index in [1.165, 1.54) is 0 Å². The fourth-order valence-corrected chi connectivity index (χ4v) is 0. The number of nitrogens with zero attached hydrogens (tertiary/aromatic N) is 1. The molecule has 0 unspecified atom stereocenters. The van der Waals surface area contributed by atoms with Gasteiger partial charge in [-0.1, -0.05) is 20.8 Å². The Morgan fingerprint density at radius 2 is 1.18 bits per heavy atom. The first-order chi connectivity index (χ1) is 4.29. The molecule has 0 spiro atoms. The predicted molar refractivity (Wildman–Crippen MR) is 50.6 cm³/mol. The molecule has 2 nitrogen and oxygen atoms in total. The van der Waals surface area contributed by atoms with Crippen LogP contribution < -0.4 is 5.73 Å². The molecule has 11 heavy (non-hydrogen) atoms. The minimum absolute atomic E-state index is 0. The second kappa shape index (κ2) is 7.95. The van der Waals surface area contributed by atoms with Crippen molar-refractivity contribution in [2.24, 2.45) is 11.1 Å². The van der Waals surface area contributed by atoms with Crippen LogP contribution in [0.4, 0.5) is 4.70 Å². The van der Waals surface area contributed by atoms with E-state index in [0.717, 1.165) is 6.54 Å². The summed E-state index contributed by atoms with van der Waals surface area (Å²) in [5.41, 5.74) is 5.62. The molecule has 72 valence electrons. The summed E-state index contributed by atoms with van der Waals surface area (Å²) in [5.74, 6) is 0. The van der Waals surface area contributed by atoms with E-state index < -0.39 is 0 Å². The van der Waals surface area contributed by atoms with E-state index in [9.17, 15) is 0 Å². The van der Waals surface area contributed by atoms with Gasteiger partial charge < -0.3 is 10.6 Å². The average molecular weight is 166 g/mol. The molecule has 0 rings (SSSR count). The monoisotopic (exact) mass is 166 g/mol. The normalized spacial score (nSPS) is 9.82. The molecule has 0 aromatic rings. The molecule has 0 heterocycles. The van der Waals surface area contributed by atoms with E-state index in [1.54, 1.807) is 0 Å². The van der Waals surface area contributed by atoms with E-state index in [0.29, 0.717) is 5.41 Å². The van der Waals surface area contributed by atoms with Gasteiger partial charge in [0.25, 0.3) is 0 Å². The highest BCUT2D eigenvalue weighted by Crippen LogP contribution is 2.07. The third-order valence-electron chi connectivity index (χ3n) is 0.612. The zero-order valence-electron chi connectivity index (χ0n) is 8.64. The van der Waals surface area contributed by atoms with Gasteiger partial charge in [-0.15, -0.1) is 0 Å². The van der Waals surface area contributed by atoms with Gasteiger partial charge in [0.15, 0.2) is 0 Å². The van der Waals surface area contributed by atoms with Crippen molar-refractivity contribution < 1.29 is 4.70 Å². The van der Waals surface area contributed by atoms with Crippen LogP contribution >= 0.6 is 0 Å². The first-order valence-electron chi connectivity index (χ1n) is 3.60. The van der Waals surface area contributed by atoms with Gasteiger partial charge in [0.1, 0.15) is 0 Å². The van der Waals surface area contributed by atoms with Crippen LogP contribution in [-0.4, -0.2) is 32.6 Å². The predicted octanol–water partition coefficient (Wildman–Crippen LogP) is 1.32. The Morgan fingerprint density at radius 1 is 1.09 bits per heavy atom. The Labute approximate surface area is 70.1 Å². The SMILES string of the molecule is CC(C)(C)CN.CN(C)C.F. The van der Waals surface area contributed by atoms with Gasteiger partial charge in [0.2, 0.25) is 0 Å². The van der Waals surface area contributed by atoms with Crippen molar-refractivity contribution in [3.8, 4) is 0 Å². The Kier molecular flexibility index (Phi) is 12.3. The number of halogens is 1. The Morgan fingerprint density at radius 3 is 1.18 bits per heavy atom. The van der Waals surface area contributed by atoms with E-state index in [1.807, 2.05) is 26.0 Å². The maximum atomic E-state index is 5.31. The molecule has 0 saturated heterocycles. The molecule has 0 saturated carbocycles. The molecule has 0 aliphatic rings. The van der Waals surface area contributed by atoms with E-state index in [-0.39, 0.29) is 4.70 Å². The summed E-state index contributed by atoms with van der Waals surface area (Å²) >= 11 is 0. The van der Waals surface area contributed by atoms with Crippen LogP contribution in [0, 0.1) is 5.41 Å². The highest BCUT2D eigenvalue weighted by atomic mass is 19.0. The van der Waals surface area contributed by atoms with Crippen molar-refractivity contribution in [1.29, 1.82) is 0 Å². The molecule has 2 N–H and O–H groups in total. The summed E-state index contributed by atoms with van der Waals surface area (Å²) in [7, 11) is 6.00. The molecule has 0 aromatic heterocycles. The third-order valence-corrected chi connectivity index (χ3v) is 0.612. The lowest BCUT2D eigenvalue weighted by Crippen LogP contribution is -2.18. The van der Waals surface area contributed by atoms with Gasteiger partial charge in [0.05, 0.1) is 0 Å². The van der Waals surface area contributed by atoms with Crippen LogP contribution in [0.3, 0.4) is 0 Å². The molecule has 0 atom stereocenters. The zero-order chi connectivity index (χ0) is 8.78. The van der Waals surface area contributed by atoms with Crippen LogP contribution in [0.15, 0.2) is 0 Å². The van der Waals surface area contributed by atoms with Gasteiger partial charge >= 0.3 is 0 Å². The maximum Gasteiger partial charge on any atom is -0.00285 e. The van der Waals surface area contributed by atoms with Gasteiger partial charge in [-0.05, 0) is 33.1 Å². The lowest BCUT2D eigenvalue weighted by molar-refractivity contribution is 0.428. The summed E-state index contributed by atoms with van der Waals surface area (Å²) in [6, 6.07) is 0. The van der Waals surface area contributed by atoms with E-state index in [2.05, 4.69) is 20.8 Å². The first kappa shape index (κ1) is 17.1. The van der Waals surface area contributed by atoms with Gasteiger partial charge in [-0.25, -0.2) is 0 Å². The number of rotatable bonds is 0. The van der Waals surface area contributed by atoms with Gasteiger partial charge in [-0.3, -0.25) is 4.70 Å². The van der Waals surface area contributed by atoms with Crippen LogP contribution in [-0.2, 0) is 0 Å². The van der Waals surface area contributed by atoms with Crippen molar-refractivity contribution in [3.63, 3.8) is 0 Å². The highest BCUT2D eigenvalue weighted by molar-refractivity contribution is 4.59. The lowest BCUT2D eigenvalue weighted by Gasteiger charge is -2.12. The first-order valence-corrected chi connectivity index (χ1v) is 3.60. The third kappa shape index (κ3) is 74.7. The molecule has 0 bridgehead atoms. The summed E-state index contributed by atoms with van der Waals surface area (Å²) in [4.78, 5) is 2.00. The maximum absolute atomic E-state index is 5.31. The van der Waals surface area contributed by atoms with Crippen LogP contribution in [0.5, 0.6) is 0 Å². The molecule has 0 amide bonds. The van der Waals surface area contributed by atoms with Crippen molar-refractivity contribution in [2.75, 3.05) is 27.7 Å². The van der Waals surface area contributed by atoms with Crippen LogP contribution in [0.2, 0.25) is 0 Å². The Balaban J connectivity index is -0.000000114. The second-order valence-electron chi connectivity index (χ2n) is 4.11. The second-order valence-corrected chi connectivity index (χ2v) is 4.11. The quantitative estimate of drug-likeness (QED) is 0.588. The Bertz CT molecular complexity index is 64.2. The molecule has 0 radical (unpaired) electrons. The number of hydrogen-bond acceptors (Lipinski definition) is 2. The summed E-state index contributed by atoms with van der Waals surface area (Å²) in [5, 5.41) is 0. The number of nitrogens with two attached hydrogens (primary N) is 1. The van der Waals surface area contributed by atoms with Gasteiger partial charge in [-0.2, -0.15) is 0 Å². The molecule has 3 heteroatoms. The summed E-state index contributed by atoms with van der Waals surface area (Å²) in [6.07, 6.45) is 0. The lowest BCUT2D eigenvalue weighted by atomic mass is 9.98. The largest absolute Gasteiger partial charge is 0.330 e. The fourth-order valence-electron chi connectivity index (χ4n) is 0. The average Bonchev–Trinajstić information content (AvgIpc) is 1.63. The van der Waals surface area contributed by atoms with E-state index in [4.69, 9.17) is 5.73 Å². The fraction of sp³-hybridized carbons (Fsp3) is 1.00. The zero-order valence-corrected chi connectivity index (χ0v) is 8.64. The molecule has 0 aromatic carbocycles. The van der Waals surface area contributed by atoms with Crippen molar-refractivity contribution in [1.82, 2.24) is 4.90 Å².